The number of aliphatic hydroxyl groups excluding tert-OH is 1. The quantitative estimate of drug-likeness (QED) is 0.453. The summed E-state index contributed by atoms with van der Waals surface area (Å²) in [5, 5.41) is 15.9. The number of carbonyl (C=O) groups is 1. The van der Waals surface area contributed by atoms with Gasteiger partial charge in [-0.05, 0) is 48.3 Å². The highest BCUT2D eigenvalue weighted by Gasteiger charge is 2.39. The number of aliphatic hydroxyl groups is 1. The van der Waals surface area contributed by atoms with E-state index in [0.29, 0.717) is 22.5 Å². The molecule has 4 nitrogen and oxygen atoms in total. The third-order valence-corrected chi connectivity index (χ3v) is 7.54. The first-order valence-electron chi connectivity index (χ1n) is 10.6. The summed E-state index contributed by atoms with van der Waals surface area (Å²) < 4.78 is 0. The van der Waals surface area contributed by atoms with Crippen LogP contribution in [0.5, 0.6) is 0 Å². The van der Waals surface area contributed by atoms with Gasteiger partial charge in [0.1, 0.15) is 0 Å². The van der Waals surface area contributed by atoms with Gasteiger partial charge >= 0.3 is 0 Å². The molecule has 1 amide bonds. The zero-order valence-corrected chi connectivity index (χ0v) is 18.2. The number of fused-ring (bicyclic) bond motifs is 2. The first-order valence-corrected chi connectivity index (χ1v) is 12.1. The Bertz CT molecular complexity index is 646. The summed E-state index contributed by atoms with van der Waals surface area (Å²) >= 11 is 8.05. The van der Waals surface area contributed by atoms with Crippen molar-refractivity contribution in [3.8, 4) is 0 Å². The van der Waals surface area contributed by atoms with Crippen LogP contribution in [0.3, 0.4) is 0 Å². The molecule has 2 fully saturated rings. The topological polar surface area (TPSA) is 61.4 Å². The number of hydrogen-bond donors (Lipinski definition) is 3. The number of carbonyl (C=O) groups excluding carboxylic acids is 1. The van der Waals surface area contributed by atoms with E-state index in [2.05, 4.69) is 10.6 Å². The van der Waals surface area contributed by atoms with Crippen LogP contribution >= 0.6 is 23.4 Å². The van der Waals surface area contributed by atoms with Crippen LogP contribution in [0.2, 0.25) is 5.02 Å². The highest BCUT2D eigenvalue weighted by atomic mass is 35.5. The van der Waals surface area contributed by atoms with Gasteiger partial charge in [-0.3, -0.25) is 4.79 Å². The van der Waals surface area contributed by atoms with Gasteiger partial charge in [0.05, 0.1) is 17.2 Å². The van der Waals surface area contributed by atoms with E-state index >= 15 is 0 Å². The molecule has 0 unspecified atom stereocenters. The molecule has 0 saturated heterocycles. The number of hydrogen-bond acceptors (Lipinski definition) is 4. The van der Waals surface area contributed by atoms with Gasteiger partial charge in [-0.1, -0.05) is 50.8 Å². The smallest absolute Gasteiger partial charge is 0.252 e. The summed E-state index contributed by atoms with van der Waals surface area (Å²) in [6, 6.07) is 5.70. The van der Waals surface area contributed by atoms with Crippen molar-refractivity contribution in [1.29, 1.82) is 0 Å². The number of rotatable bonds is 10. The van der Waals surface area contributed by atoms with Crippen molar-refractivity contribution in [2.45, 2.75) is 58.9 Å². The number of thioether (sulfide) groups is 1. The number of halogens is 1. The fourth-order valence-corrected chi connectivity index (χ4v) is 5.66. The molecule has 0 radical (unpaired) electrons. The van der Waals surface area contributed by atoms with Crippen molar-refractivity contribution in [2.75, 3.05) is 31.2 Å². The molecule has 3 N–H and O–H groups in total. The second-order valence-corrected chi connectivity index (χ2v) is 10.00. The van der Waals surface area contributed by atoms with Crippen LogP contribution in [0.4, 0.5) is 0 Å². The van der Waals surface area contributed by atoms with Crippen LogP contribution in [-0.4, -0.2) is 42.2 Å². The Balaban J connectivity index is 0.00000300. The molecular weight excluding hydrogens is 404 g/mol. The molecule has 0 heterocycles. The predicted molar refractivity (Wildman–Crippen MR) is 125 cm³/mol. The van der Waals surface area contributed by atoms with Crippen LogP contribution in [0.1, 0.15) is 68.3 Å². The maximum atomic E-state index is 12.8. The van der Waals surface area contributed by atoms with Gasteiger partial charge in [0.15, 0.2) is 0 Å². The molecule has 6 heteroatoms. The van der Waals surface area contributed by atoms with Crippen LogP contribution in [0, 0.1) is 11.3 Å². The Kier molecular flexibility index (Phi) is 10.3. The summed E-state index contributed by atoms with van der Waals surface area (Å²) in [4.78, 5) is 12.8. The van der Waals surface area contributed by atoms with Crippen molar-refractivity contribution in [3.05, 3.63) is 34.3 Å². The Morgan fingerprint density at radius 2 is 2.00 bits per heavy atom. The molecule has 0 aromatic heterocycles. The maximum absolute atomic E-state index is 12.8. The second-order valence-electron chi connectivity index (χ2n) is 8.36. The summed E-state index contributed by atoms with van der Waals surface area (Å²) in [6.45, 7) is 2.59. The van der Waals surface area contributed by atoms with Gasteiger partial charge in [-0.15, -0.1) is 0 Å². The van der Waals surface area contributed by atoms with Crippen molar-refractivity contribution in [2.24, 2.45) is 11.3 Å². The lowest BCUT2D eigenvalue weighted by Crippen LogP contribution is -2.43. The lowest BCUT2D eigenvalue weighted by Gasteiger charge is -2.45. The summed E-state index contributed by atoms with van der Waals surface area (Å²) in [5.41, 5.74) is 1.96. The van der Waals surface area contributed by atoms with Gasteiger partial charge in [0.2, 0.25) is 0 Å². The van der Waals surface area contributed by atoms with Crippen LogP contribution in [0.15, 0.2) is 18.2 Å². The molecule has 2 aliphatic carbocycles. The van der Waals surface area contributed by atoms with E-state index in [1.54, 1.807) is 11.8 Å². The zero-order chi connectivity index (χ0) is 19.8. The zero-order valence-electron chi connectivity index (χ0n) is 16.6. The fraction of sp³-hybridized carbons (Fsp3) is 0.696. The lowest BCUT2D eigenvalue weighted by atomic mass is 9.62. The minimum atomic E-state index is -0.0487. The van der Waals surface area contributed by atoms with Crippen LogP contribution in [-0.2, 0) is 6.54 Å². The molecule has 2 aliphatic rings. The first kappa shape index (κ1) is 24.5. The van der Waals surface area contributed by atoms with Crippen LogP contribution in [0.25, 0.3) is 0 Å². The minimum Gasteiger partial charge on any atom is -0.396 e. The normalized spacial score (nSPS) is 23.3. The van der Waals surface area contributed by atoms with E-state index in [-0.39, 0.29) is 19.9 Å². The Labute approximate surface area is 185 Å². The van der Waals surface area contributed by atoms with E-state index in [1.807, 2.05) is 18.2 Å². The predicted octanol–water partition coefficient (Wildman–Crippen LogP) is 4.88. The van der Waals surface area contributed by atoms with E-state index in [9.17, 15) is 4.79 Å². The van der Waals surface area contributed by atoms with Gasteiger partial charge in [-0.25, -0.2) is 0 Å². The SMILES string of the molecule is C.O=C(NCC12CCCC(CCC1)C2)c1cc(CNCCSCCO)ccc1Cl. The van der Waals surface area contributed by atoms with E-state index in [0.717, 1.165) is 36.1 Å². The first-order chi connectivity index (χ1) is 13.6. The van der Waals surface area contributed by atoms with Crippen molar-refractivity contribution in [3.63, 3.8) is 0 Å². The fourth-order valence-electron chi connectivity index (χ4n) is 4.83. The standard InChI is InChI=1S/C22H33ClN2O2S.CH4/c23-20-6-5-18(15-24-9-11-28-12-10-26)13-19(20)21(27)25-16-22-7-1-3-17(14-22)4-2-8-22;/h5-6,13,17,24,26H,1-4,7-12,14-16H2,(H,25,27);1H4. The van der Waals surface area contributed by atoms with Crippen molar-refractivity contribution < 1.29 is 9.90 Å². The van der Waals surface area contributed by atoms with Crippen LogP contribution < -0.4 is 10.6 Å². The Morgan fingerprint density at radius 1 is 1.24 bits per heavy atom. The van der Waals surface area contributed by atoms with Gasteiger partial charge in [-0.2, -0.15) is 11.8 Å². The molecule has 0 atom stereocenters. The van der Waals surface area contributed by atoms with E-state index < -0.39 is 0 Å². The van der Waals surface area contributed by atoms with E-state index in [1.165, 1.54) is 44.9 Å². The number of amides is 1. The highest BCUT2D eigenvalue weighted by Crippen LogP contribution is 2.48. The third-order valence-electron chi connectivity index (χ3n) is 6.25. The monoisotopic (exact) mass is 440 g/mol. The Morgan fingerprint density at radius 3 is 2.72 bits per heavy atom. The minimum absolute atomic E-state index is 0. The summed E-state index contributed by atoms with van der Waals surface area (Å²) in [6.07, 6.45) is 9.12. The summed E-state index contributed by atoms with van der Waals surface area (Å²) in [7, 11) is 0. The average Bonchev–Trinajstić information content (AvgIpc) is 2.70. The molecule has 1 aromatic carbocycles. The molecule has 0 spiro atoms. The molecule has 29 heavy (non-hydrogen) atoms. The van der Waals surface area contributed by atoms with Gasteiger partial charge in [0.25, 0.3) is 5.91 Å². The Hall–Kier alpha value is -0.750. The molecular formula is C23H37ClN2O2S. The second kappa shape index (κ2) is 12.2. The molecule has 1 aromatic rings. The van der Waals surface area contributed by atoms with Gasteiger partial charge in [0, 0.05) is 31.1 Å². The summed E-state index contributed by atoms with van der Waals surface area (Å²) in [5.74, 6) is 2.56. The number of benzene rings is 1. The van der Waals surface area contributed by atoms with E-state index in [4.69, 9.17) is 16.7 Å². The molecule has 2 saturated carbocycles. The molecule has 3 rings (SSSR count). The third kappa shape index (κ3) is 7.16. The van der Waals surface area contributed by atoms with Crippen molar-refractivity contribution >= 4 is 29.3 Å². The average molecular weight is 441 g/mol. The molecule has 2 bridgehead atoms. The highest BCUT2D eigenvalue weighted by molar-refractivity contribution is 7.99. The number of nitrogens with one attached hydrogen (secondary N) is 2. The maximum Gasteiger partial charge on any atom is 0.252 e. The largest absolute Gasteiger partial charge is 0.396 e. The lowest BCUT2D eigenvalue weighted by molar-refractivity contribution is 0.0681. The molecule has 0 aliphatic heterocycles. The molecule has 164 valence electrons. The van der Waals surface area contributed by atoms with Crippen molar-refractivity contribution in [1.82, 2.24) is 10.6 Å². The van der Waals surface area contributed by atoms with Gasteiger partial charge < -0.3 is 15.7 Å².